The van der Waals surface area contributed by atoms with Gasteiger partial charge < -0.3 is 4.90 Å². The van der Waals surface area contributed by atoms with Crippen LogP contribution in [0.4, 0.5) is 0 Å². The van der Waals surface area contributed by atoms with Crippen LogP contribution in [-0.4, -0.2) is 30.6 Å². The molecule has 1 atom stereocenters. The van der Waals surface area contributed by atoms with Crippen LogP contribution in [0.15, 0.2) is 60.7 Å². The normalized spacial score (nSPS) is 17.1. The Morgan fingerprint density at radius 1 is 0.920 bits per heavy atom. The summed E-state index contributed by atoms with van der Waals surface area (Å²) >= 11 is 0. The lowest BCUT2D eigenvalue weighted by Crippen LogP contribution is -2.45. The highest BCUT2D eigenvalue weighted by atomic mass is 31.2. The maximum absolute atomic E-state index is 14.2. The molecule has 0 aliphatic carbocycles. The van der Waals surface area contributed by atoms with Gasteiger partial charge in [0.1, 0.15) is 0 Å². The van der Waals surface area contributed by atoms with E-state index >= 15 is 0 Å². The molecular weight excluding hydrogens is 327 g/mol. The minimum absolute atomic E-state index is 0.198. The molecule has 4 heteroatoms. The summed E-state index contributed by atoms with van der Waals surface area (Å²) in [7, 11) is -2.87. The zero-order valence-electron chi connectivity index (χ0n) is 15.3. The standard InChI is InChI=1S/C21H29N2OP/c1-18(2)21(17-23-15-9-10-16-23)22-25(24,19-11-5-3-6-12-19)20-13-7-4-8-14-20/h3-8,11-14,18,21H,9-10,15-17H2,1-2H3,(H,22,24). The minimum Gasteiger partial charge on any atom is -0.302 e. The number of benzene rings is 2. The van der Waals surface area contributed by atoms with E-state index < -0.39 is 7.29 Å². The third-order valence-electron chi connectivity index (χ3n) is 5.05. The van der Waals surface area contributed by atoms with Crippen LogP contribution in [0.25, 0.3) is 0 Å². The van der Waals surface area contributed by atoms with Gasteiger partial charge in [-0.2, -0.15) is 0 Å². The van der Waals surface area contributed by atoms with E-state index in [4.69, 9.17) is 0 Å². The summed E-state index contributed by atoms with van der Waals surface area (Å²) in [5, 5.41) is 5.37. The van der Waals surface area contributed by atoms with Gasteiger partial charge in [-0.3, -0.25) is 9.65 Å². The number of rotatable bonds is 7. The predicted molar refractivity (Wildman–Crippen MR) is 107 cm³/mol. The molecule has 1 aliphatic heterocycles. The monoisotopic (exact) mass is 356 g/mol. The van der Waals surface area contributed by atoms with Crippen LogP contribution >= 0.6 is 7.29 Å². The van der Waals surface area contributed by atoms with E-state index in [1.54, 1.807) is 0 Å². The van der Waals surface area contributed by atoms with Crippen LogP contribution in [-0.2, 0) is 4.57 Å². The lowest BCUT2D eigenvalue weighted by molar-refractivity contribution is 0.274. The van der Waals surface area contributed by atoms with Gasteiger partial charge in [0, 0.05) is 23.2 Å². The molecule has 0 aromatic heterocycles. The van der Waals surface area contributed by atoms with Crippen LogP contribution in [0.5, 0.6) is 0 Å². The van der Waals surface area contributed by atoms with Gasteiger partial charge in [0.2, 0.25) is 7.29 Å². The highest BCUT2D eigenvalue weighted by Crippen LogP contribution is 2.40. The number of hydrogen-bond donors (Lipinski definition) is 1. The van der Waals surface area contributed by atoms with E-state index in [2.05, 4.69) is 23.8 Å². The summed E-state index contributed by atoms with van der Waals surface area (Å²) in [4.78, 5) is 2.50. The van der Waals surface area contributed by atoms with Crippen molar-refractivity contribution in [2.24, 2.45) is 5.92 Å². The highest BCUT2D eigenvalue weighted by Gasteiger charge is 2.32. The molecule has 0 spiro atoms. The van der Waals surface area contributed by atoms with Gasteiger partial charge in [-0.15, -0.1) is 0 Å². The van der Waals surface area contributed by atoms with Crippen molar-refractivity contribution in [3.63, 3.8) is 0 Å². The highest BCUT2D eigenvalue weighted by molar-refractivity contribution is 7.76. The largest absolute Gasteiger partial charge is 0.302 e. The van der Waals surface area contributed by atoms with E-state index in [0.29, 0.717) is 5.92 Å². The molecule has 1 fully saturated rings. The lowest BCUT2D eigenvalue weighted by atomic mass is 10.1. The summed E-state index contributed by atoms with van der Waals surface area (Å²) in [5.41, 5.74) is 0. The molecule has 2 aromatic rings. The topological polar surface area (TPSA) is 32.3 Å². The summed E-state index contributed by atoms with van der Waals surface area (Å²) in [5.74, 6) is 0.418. The SMILES string of the molecule is CC(C)C(CN1CCCC1)NP(=O)(c1ccccc1)c1ccccc1. The Labute approximate surface area is 151 Å². The lowest BCUT2D eigenvalue weighted by Gasteiger charge is -2.32. The Bertz CT molecular complexity index is 653. The number of nitrogens with zero attached hydrogens (tertiary/aromatic N) is 1. The van der Waals surface area contributed by atoms with Crippen molar-refractivity contribution in [2.75, 3.05) is 19.6 Å². The van der Waals surface area contributed by atoms with Crippen LogP contribution in [0.2, 0.25) is 0 Å². The van der Waals surface area contributed by atoms with E-state index in [1.165, 1.54) is 12.8 Å². The molecule has 3 rings (SSSR count). The maximum atomic E-state index is 14.2. The predicted octanol–water partition coefficient (Wildman–Crippen LogP) is 3.63. The van der Waals surface area contributed by atoms with Crippen molar-refractivity contribution in [1.29, 1.82) is 0 Å². The minimum atomic E-state index is -2.87. The van der Waals surface area contributed by atoms with Gasteiger partial charge in [-0.05, 0) is 56.1 Å². The van der Waals surface area contributed by atoms with Gasteiger partial charge in [-0.25, -0.2) is 0 Å². The van der Waals surface area contributed by atoms with Gasteiger partial charge in [0.15, 0.2) is 0 Å². The Hall–Kier alpha value is -1.41. The fourth-order valence-electron chi connectivity index (χ4n) is 3.45. The van der Waals surface area contributed by atoms with Crippen molar-refractivity contribution in [3.05, 3.63) is 60.7 Å². The molecule has 1 N–H and O–H groups in total. The number of nitrogens with one attached hydrogen (secondary N) is 1. The molecule has 25 heavy (non-hydrogen) atoms. The summed E-state index contributed by atoms with van der Waals surface area (Å²) in [6.07, 6.45) is 2.56. The second-order valence-corrected chi connectivity index (χ2v) is 9.78. The first kappa shape index (κ1) is 18.4. The second kappa shape index (κ2) is 8.31. The third kappa shape index (κ3) is 4.41. The first-order valence-electron chi connectivity index (χ1n) is 9.31. The molecule has 0 bridgehead atoms. The van der Waals surface area contributed by atoms with E-state index in [1.807, 2.05) is 60.7 Å². The van der Waals surface area contributed by atoms with Crippen LogP contribution < -0.4 is 15.7 Å². The van der Waals surface area contributed by atoms with Crippen molar-refractivity contribution in [1.82, 2.24) is 9.99 Å². The maximum Gasteiger partial charge on any atom is 0.204 e. The van der Waals surface area contributed by atoms with E-state index in [0.717, 1.165) is 30.2 Å². The molecule has 1 heterocycles. The van der Waals surface area contributed by atoms with Crippen LogP contribution in [0, 0.1) is 5.92 Å². The van der Waals surface area contributed by atoms with Crippen LogP contribution in [0.1, 0.15) is 26.7 Å². The molecular formula is C21H29N2OP. The smallest absolute Gasteiger partial charge is 0.204 e. The quantitative estimate of drug-likeness (QED) is 0.769. The van der Waals surface area contributed by atoms with Gasteiger partial charge >= 0.3 is 0 Å². The fraction of sp³-hybridized carbons (Fsp3) is 0.429. The molecule has 1 aliphatic rings. The van der Waals surface area contributed by atoms with Crippen molar-refractivity contribution >= 4 is 17.9 Å². The number of likely N-dealkylation sites (tertiary alicyclic amines) is 1. The Morgan fingerprint density at radius 3 is 1.84 bits per heavy atom. The molecule has 2 aromatic carbocycles. The Morgan fingerprint density at radius 2 is 1.40 bits per heavy atom. The molecule has 0 amide bonds. The molecule has 1 saturated heterocycles. The fourth-order valence-corrected chi connectivity index (χ4v) is 6.08. The van der Waals surface area contributed by atoms with E-state index in [9.17, 15) is 4.57 Å². The molecule has 1 unspecified atom stereocenters. The average molecular weight is 356 g/mol. The Kier molecular flexibility index (Phi) is 6.11. The zero-order chi connectivity index (χ0) is 17.7. The van der Waals surface area contributed by atoms with Gasteiger partial charge in [-0.1, -0.05) is 50.2 Å². The number of hydrogen-bond acceptors (Lipinski definition) is 2. The van der Waals surface area contributed by atoms with Crippen molar-refractivity contribution in [2.45, 2.75) is 32.7 Å². The van der Waals surface area contributed by atoms with Crippen molar-refractivity contribution in [3.8, 4) is 0 Å². The first-order valence-corrected chi connectivity index (χ1v) is 11.0. The molecule has 0 radical (unpaired) electrons. The summed E-state index contributed by atoms with van der Waals surface area (Å²) in [6.45, 7) is 7.71. The molecule has 3 nitrogen and oxygen atoms in total. The average Bonchev–Trinajstić information content (AvgIpc) is 3.15. The Balaban J connectivity index is 1.92. The van der Waals surface area contributed by atoms with Gasteiger partial charge in [0.05, 0.1) is 0 Å². The summed E-state index contributed by atoms with van der Waals surface area (Å²) < 4.78 is 14.2. The first-order chi connectivity index (χ1) is 12.1. The van der Waals surface area contributed by atoms with E-state index in [-0.39, 0.29) is 6.04 Å². The zero-order valence-corrected chi connectivity index (χ0v) is 16.2. The summed E-state index contributed by atoms with van der Waals surface area (Å²) in [6, 6.07) is 19.9. The molecule has 0 saturated carbocycles. The second-order valence-electron chi connectivity index (χ2n) is 7.27. The van der Waals surface area contributed by atoms with Crippen LogP contribution in [0.3, 0.4) is 0 Å². The van der Waals surface area contributed by atoms with Gasteiger partial charge in [0.25, 0.3) is 0 Å². The molecule has 134 valence electrons. The third-order valence-corrected chi connectivity index (χ3v) is 7.79. The van der Waals surface area contributed by atoms with Crippen molar-refractivity contribution < 1.29 is 4.57 Å².